The molecule has 0 aliphatic rings. The van der Waals surface area contributed by atoms with E-state index in [1.165, 1.54) is 11.8 Å². The highest BCUT2D eigenvalue weighted by molar-refractivity contribution is 7.99. The highest BCUT2D eigenvalue weighted by Gasteiger charge is 2.29. The summed E-state index contributed by atoms with van der Waals surface area (Å²) in [6.45, 7) is 1.99. The molecule has 156 valence electrons. The quantitative estimate of drug-likeness (QED) is 0.356. The van der Waals surface area contributed by atoms with Gasteiger partial charge in [-0.2, -0.15) is 0 Å². The second-order valence-electron chi connectivity index (χ2n) is 6.71. The minimum absolute atomic E-state index is 0.465. The van der Waals surface area contributed by atoms with Gasteiger partial charge in [0.2, 0.25) is 0 Å². The molecule has 0 aliphatic carbocycles. The molecule has 0 aromatic heterocycles. The first kappa shape index (κ1) is 21.5. The molecule has 0 aliphatic heterocycles. The molecule has 0 radical (unpaired) electrons. The number of methoxy groups -OCH3 is 1. The third-order valence-electron chi connectivity index (χ3n) is 4.48. The number of nitrogen functional groups attached to an aromatic ring is 1. The first-order valence-electron chi connectivity index (χ1n) is 9.23. The topological polar surface area (TPSA) is 102 Å². The maximum atomic E-state index is 11.5. The fourth-order valence-corrected chi connectivity index (χ4v) is 4.00. The zero-order valence-corrected chi connectivity index (χ0v) is 17.4. The van der Waals surface area contributed by atoms with Gasteiger partial charge in [0, 0.05) is 10.6 Å². The molecular weight excluding hydrogens is 402 g/mol. The second kappa shape index (κ2) is 9.56. The van der Waals surface area contributed by atoms with Gasteiger partial charge < -0.3 is 25.4 Å². The predicted molar refractivity (Wildman–Crippen MR) is 117 cm³/mol. The number of ether oxygens (including phenoxy) is 2. The molecule has 3 aromatic carbocycles. The van der Waals surface area contributed by atoms with Crippen molar-refractivity contribution >= 4 is 23.4 Å². The number of thioether (sulfide) groups is 1. The van der Waals surface area contributed by atoms with Crippen LogP contribution in [-0.4, -0.2) is 29.4 Å². The van der Waals surface area contributed by atoms with Gasteiger partial charge in [-0.05, 0) is 55.0 Å². The Morgan fingerprint density at radius 2 is 1.57 bits per heavy atom. The molecule has 0 amide bonds. The summed E-state index contributed by atoms with van der Waals surface area (Å²) < 4.78 is 11.0. The van der Waals surface area contributed by atoms with E-state index in [4.69, 9.17) is 15.2 Å². The fourth-order valence-electron chi connectivity index (χ4n) is 2.80. The van der Waals surface area contributed by atoms with Crippen LogP contribution in [0.15, 0.2) is 71.6 Å². The average molecular weight is 426 g/mol. The van der Waals surface area contributed by atoms with Crippen molar-refractivity contribution in [3.63, 3.8) is 0 Å². The standard InChI is InChI=1S/C23H23NO5S/c1-14-3-7-17(8-4-14)29-18-11-12-19(24)20(13-18)30-22(21(25)23(26)27)15-5-9-16(28-2)10-6-15/h3-13,21-22,25H,24H2,1-2H3,(H,26,27)/t21-,22+/m1/s1. The van der Waals surface area contributed by atoms with E-state index in [1.54, 1.807) is 49.6 Å². The van der Waals surface area contributed by atoms with Crippen LogP contribution in [0.3, 0.4) is 0 Å². The van der Waals surface area contributed by atoms with Crippen molar-refractivity contribution in [2.75, 3.05) is 12.8 Å². The number of aliphatic carboxylic acids is 1. The van der Waals surface area contributed by atoms with E-state index in [1.807, 2.05) is 31.2 Å². The van der Waals surface area contributed by atoms with E-state index in [2.05, 4.69) is 0 Å². The first-order chi connectivity index (χ1) is 14.4. The highest BCUT2D eigenvalue weighted by Crippen LogP contribution is 2.42. The average Bonchev–Trinajstić information content (AvgIpc) is 2.75. The molecule has 4 N–H and O–H groups in total. The molecule has 2 atom stereocenters. The number of rotatable bonds is 8. The van der Waals surface area contributed by atoms with Gasteiger partial charge in [-0.1, -0.05) is 29.8 Å². The summed E-state index contributed by atoms with van der Waals surface area (Å²) >= 11 is 1.17. The van der Waals surface area contributed by atoms with Crippen LogP contribution in [0.2, 0.25) is 0 Å². The number of anilines is 1. The van der Waals surface area contributed by atoms with Crippen LogP contribution >= 0.6 is 11.8 Å². The van der Waals surface area contributed by atoms with E-state index in [0.29, 0.717) is 33.4 Å². The summed E-state index contributed by atoms with van der Waals surface area (Å²) in [5.74, 6) is 0.571. The van der Waals surface area contributed by atoms with Gasteiger partial charge in [-0.3, -0.25) is 0 Å². The minimum atomic E-state index is -1.62. The van der Waals surface area contributed by atoms with Gasteiger partial charge in [0.25, 0.3) is 0 Å². The summed E-state index contributed by atoms with van der Waals surface area (Å²) in [5, 5.41) is 18.9. The lowest BCUT2D eigenvalue weighted by Crippen LogP contribution is -2.26. The number of aryl methyl sites for hydroxylation is 1. The van der Waals surface area contributed by atoms with Gasteiger partial charge in [0.05, 0.1) is 12.4 Å². The SMILES string of the molecule is COc1ccc([C@H](Sc2cc(Oc3ccc(C)cc3)ccc2N)[C@@H](O)C(=O)O)cc1. The van der Waals surface area contributed by atoms with Crippen molar-refractivity contribution in [2.45, 2.75) is 23.2 Å². The molecule has 0 saturated heterocycles. The van der Waals surface area contributed by atoms with Crippen LogP contribution in [0, 0.1) is 6.92 Å². The Balaban J connectivity index is 1.89. The smallest absolute Gasteiger partial charge is 0.334 e. The van der Waals surface area contributed by atoms with E-state index in [0.717, 1.165) is 5.56 Å². The molecule has 30 heavy (non-hydrogen) atoms. The van der Waals surface area contributed by atoms with Gasteiger partial charge in [-0.15, -0.1) is 11.8 Å². The molecule has 6 nitrogen and oxygen atoms in total. The lowest BCUT2D eigenvalue weighted by molar-refractivity contribution is -0.146. The number of carboxylic acids is 1. The van der Waals surface area contributed by atoms with E-state index in [-0.39, 0.29) is 0 Å². The van der Waals surface area contributed by atoms with Crippen molar-refractivity contribution < 1.29 is 24.5 Å². The molecule has 0 spiro atoms. The molecule has 7 heteroatoms. The third kappa shape index (κ3) is 5.25. The Hall–Kier alpha value is -3.16. The minimum Gasteiger partial charge on any atom is -0.497 e. The Bertz CT molecular complexity index is 1010. The fraction of sp³-hybridized carbons (Fsp3) is 0.174. The normalized spacial score (nSPS) is 12.8. The van der Waals surface area contributed by atoms with Crippen LogP contribution in [0.5, 0.6) is 17.2 Å². The van der Waals surface area contributed by atoms with Gasteiger partial charge >= 0.3 is 5.97 Å². The van der Waals surface area contributed by atoms with Gasteiger partial charge in [-0.25, -0.2) is 4.79 Å². The van der Waals surface area contributed by atoms with Crippen LogP contribution in [-0.2, 0) is 4.79 Å². The zero-order valence-electron chi connectivity index (χ0n) is 16.6. The summed E-state index contributed by atoms with van der Waals surface area (Å²) in [6, 6.07) is 19.7. The maximum absolute atomic E-state index is 11.5. The Labute approximate surface area is 179 Å². The van der Waals surface area contributed by atoms with Crippen LogP contribution in [0.25, 0.3) is 0 Å². The maximum Gasteiger partial charge on any atom is 0.334 e. The Morgan fingerprint density at radius 3 is 2.17 bits per heavy atom. The van der Waals surface area contributed by atoms with Crippen LogP contribution in [0.4, 0.5) is 5.69 Å². The summed E-state index contributed by atoms with van der Waals surface area (Å²) in [6.07, 6.45) is -1.62. The van der Waals surface area contributed by atoms with Gasteiger partial charge in [0.1, 0.15) is 17.2 Å². The van der Waals surface area contributed by atoms with Crippen molar-refractivity contribution in [3.8, 4) is 17.2 Å². The Kier molecular flexibility index (Phi) is 6.87. The van der Waals surface area contributed by atoms with Crippen molar-refractivity contribution in [1.82, 2.24) is 0 Å². The number of nitrogens with two attached hydrogens (primary N) is 1. The van der Waals surface area contributed by atoms with Crippen LogP contribution < -0.4 is 15.2 Å². The lowest BCUT2D eigenvalue weighted by atomic mass is 10.1. The van der Waals surface area contributed by atoms with Crippen molar-refractivity contribution in [1.29, 1.82) is 0 Å². The number of aliphatic hydroxyl groups excluding tert-OH is 1. The Morgan fingerprint density at radius 1 is 0.967 bits per heavy atom. The van der Waals surface area contributed by atoms with Gasteiger partial charge in [0.15, 0.2) is 6.10 Å². The molecule has 0 unspecified atom stereocenters. The molecule has 3 rings (SSSR count). The zero-order chi connectivity index (χ0) is 21.7. The molecule has 0 saturated carbocycles. The summed E-state index contributed by atoms with van der Waals surface area (Å²) in [5.41, 5.74) is 8.36. The van der Waals surface area contributed by atoms with Crippen molar-refractivity contribution in [2.24, 2.45) is 0 Å². The number of hydrogen-bond acceptors (Lipinski definition) is 6. The first-order valence-corrected chi connectivity index (χ1v) is 10.1. The number of aliphatic hydroxyl groups is 1. The second-order valence-corrected chi connectivity index (χ2v) is 7.89. The monoisotopic (exact) mass is 425 g/mol. The summed E-state index contributed by atoms with van der Waals surface area (Å²) in [7, 11) is 1.55. The molecule has 0 fully saturated rings. The molecule has 3 aromatic rings. The third-order valence-corrected chi connectivity index (χ3v) is 5.87. The number of carboxylic acid groups (broad SMARTS) is 1. The number of hydrogen-bond donors (Lipinski definition) is 3. The number of carbonyl (C=O) groups is 1. The molecule has 0 heterocycles. The molecular formula is C23H23NO5S. The summed E-state index contributed by atoms with van der Waals surface area (Å²) in [4.78, 5) is 12.1. The largest absolute Gasteiger partial charge is 0.497 e. The van der Waals surface area contributed by atoms with E-state index >= 15 is 0 Å². The van der Waals surface area contributed by atoms with E-state index in [9.17, 15) is 15.0 Å². The van der Waals surface area contributed by atoms with Crippen LogP contribution in [0.1, 0.15) is 16.4 Å². The highest BCUT2D eigenvalue weighted by atomic mass is 32.2. The number of benzene rings is 3. The van der Waals surface area contributed by atoms with E-state index < -0.39 is 17.3 Å². The lowest BCUT2D eigenvalue weighted by Gasteiger charge is -2.21. The molecule has 0 bridgehead atoms. The predicted octanol–water partition coefficient (Wildman–Crippen LogP) is 4.66. The van der Waals surface area contributed by atoms with Crippen molar-refractivity contribution in [3.05, 3.63) is 77.9 Å².